The third kappa shape index (κ3) is 9.71. The van der Waals surface area contributed by atoms with Crippen LogP contribution < -0.4 is 25.8 Å². The van der Waals surface area contributed by atoms with E-state index in [1.807, 2.05) is 37.3 Å². The average molecular weight is 533 g/mol. The summed E-state index contributed by atoms with van der Waals surface area (Å²) < 4.78 is 11.1. The zero-order valence-corrected chi connectivity index (χ0v) is 19.4. The van der Waals surface area contributed by atoms with E-state index in [2.05, 4.69) is 15.6 Å². The van der Waals surface area contributed by atoms with Crippen LogP contribution in [-0.4, -0.2) is 38.2 Å². The first kappa shape index (κ1) is 24.8. The summed E-state index contributed by atoms with van der Waals surface area (Å²) in [4.78, 5) is 15.0. The number of amides is 1. The molecule has 9 heteroatoms. The third-order valence-corrected chi connectivity index (χ3v) is 3.92. The maximum absolute atomic E-state index is 10.8. The van der Waals surface area contributed by atoms with Crippen molar-refractivity contribution >= 4 is 47.4 Å². The summed E-state index contributed by atoms with van der Waals surface area (Å²) in [6.45, 7) is 2.93. The molecule has 7 nitrogen and oxygen atoms in total. The fourth-order valence-electron chi connectivity index (χ4n) is 2.33. The highest BCUT2D eigenvalue weighted by Gasteiger charge is 2.06. The molecule has 0 aliphatic carbocycles. The molecule has 158 valence electrons. The number of primary amides is 1. The van der Waals surface area contributed by atoms with E-state index in [9.17, 15) is 4.79 Å². The zero-order chi connectivity index (χ0) is 20.4. The Morgan fingerprint density at radius 1 is 1.17 bits per heavy atom. The molecule has 1 amide bonds. The Hall–Kier alpha value is -2.20. The van der Waals surface area contributed by atoms with Gasteiger partial charge in [0.05, 0.1) is 6.54 Å². The molecule has 2 aromatic rings. The molecule has 0 saturated carbocycles. The van der Waals surface area contributed by atoms with Crippen molar-refractivity contribution in [3.05, 3.63) is 59.1 Å². The molecule has 0 radical (unpaired) electrons. The fourth-order valence-corrected chi connectivity index (χ4v) is 2.46. The lowest BCUT2D eigenvalue weighted by Gasteiger charge is -2.18. The second kappa shape index (κ2) is 13.1. The van der Waals surface area contributed by atoms with E-state index in [1.54, 1.807) is 25.2 Å². The predicted octanol–water partition coefficient (Wildman–Crippen LogP) is 2.95. The molecule has 2 rings (SSSR count). The van der Waals surface area contributed by atoms with Gasteiger partial charge in [-0.25, -0.2) is 0 Å². The van der Waals surface area contributed by atoms with Gasteiger partial charge in [0.1, 0.15) is 17.6 Å². The number of rotatable bonds is 9. The van der Waals surface area contributed by atoms with Crippen LogP contribution in [0.3, 0.4) is 0 Å². The van der Waals surface area contributed by atoms with Gasteiger partial charge >= 0.3 is 0 Å². The number of nitrogens with zero attached hydrogens (tertiary/aromatic N) is 1. The number of carbonyl (C=O) groups is 1. The lowest BCUT2D eigenvalue weighted by Crippen LogP contribution is -2.41. The number of hydrogen-bond donors (Lipinski definition) is 3. The second-order valence-electron chi connectivity index (χ2n) is 6.09. The van der Waals surface area contributed by atoms with Crippen molar-refractivity contribution in [3.8, 4) is 11.5 Å². The number of benzene rings is 2. The minimum Gasteiger partial charge on any atom is -0.489 e. The van der Waals surface area contributed by atoms with Gasteiger partial charge in [-0.3, -0.25) is 9.79 Å². The Balaban J connectivity index is 0.00000420. The van der Waals surface area contributed by atoms with Gasteiger partial charge in [-0.2, -0.15) is 0 Å². The van der Waals surface area contributed by atoms with Gasteiger partial charge in [0.15, 0.2) is 12.6 Å². The van der Waals surface area contributed by atoms with Crippen molar-refractivity contribution in [2.24, 2.45) is 10.7 Å². The molecule has 1 unspecified atom stereocenters. The second-order valence-corrected chi connectivity index (χ2v) is 6.53. The van der Waals surface area contributed by atoms with Gasteiger partial charge in [0, 0.05) is 18.6 Å². The number of nitrogens with two attached hydrogens (primary N) is 1. The Labute approximate surface area is 193 Å². The van der Waals surface area contributed by atoms with Gasteiger partial charge in [0.2, 0.25) is 0 Å². The summed E-state index contributed by atoms with van der Waals surface area (Å²) in [5, 5.41) is 7.12. The van der Waals surface area contributed by atoms with Gasteiger partial charge in [0.25, 0.3) is 5.91 Å². The number of nitrogens with one attached hydrogen (secondary N) is 2. The molecule has 0 saturated heterocycles. The molecule has 0 spiro atoms. The fraction of sp³-hybridized carbons (Fsp3) is 0.300. The molecule has 4 N–H and O–H groups in total. The van der Waals surface area contributed by atoms with Gasteiger partial charge < -0.3 is 25.8 Å². The van der Waals surface area contributed by atoms with Crippen LogP contribution in [0.5, 0.6) is 11.5 Å². The predicted molar refractivity (Wildman–Crippen MR) is 126 cm³/mol. The van der Waals surface area contributed by atoms with Crippen LogP contribution in [0, 0.1) is 0 Å². The molecule has 0 aliphatic heterocycles. The van der Waals surface area contributed by atoms with Crippen molar-refractivity contribution in [1.29, 1.82) is 0 Å². The van der Waals surface area contributed by atoms with Gasteiger partial charge in [-0.05, 0) is 48.9 Å². The minimum atomic E-state index is -0.511. The summed E-state index contributed by atoms with van der Waals surface area (Å²) in [5.41, 5.74) is 6.07. The van der Waals surface area contributed by atoms with Crippen LogP contribution in [0.2, 0.25) is 5.02 Å². The van der Waals surface area contributed by atoms with E-state index < -0.39 is 5.91 Å². The Bertz CT molecular complexity index is 803. The van der Waals surface area contributed by atoms with Crippen LogP contribution >= 0.6 is 35.6 Å². The Kier molecular flexibility index (Phi) is 11.2. The van der Waals surface area contributed by atoms with Crippen LogP contribution in [0.4, 0.5) is 0 Å². The standard InChI is InChI=1S/C20H25ClN4O3.HI/c1-14(28-17-8-6-16(21)7-9-17)11-24-20(23-2)25-12-15-4-3-5-18(10-15)27-13-19(22)26;/h3-10,14H,11-13H2,1-2H3,(H2,22,26)(H2,23,24,25);1H. The van der Waals surface area contributed by atoms with Gasteiger partial charge in [-0.1, -0.05) is 23.7 Å². The molecule has 29 heavy (non-hydrogen) atoms. The van der Waals surface area contributed by atoms with E-state index >= 15 is 0 Å². The Morgan fingerprint density at radius 3 is 2.55 bits per heavy atom. The third-order valence-electron chi connectivity index (χ3n) is 3.67. The zero-order valence-electron chi connectivity index (χ0n) is 16.4. The number of halogens is 2. The molecule has 0 heterocycles. The molecule has 0 fully saturated rings. The minimum absolute atomic E-state index is 0. The van der Waals surface area contributed by atoms with Crippen molar-refractivity contribution in [2.45, 2.75) is 19.6 Å². The SMILES string of the molecule is CN=C(NCc1cccc(OCC(N)=O)c1)NCC(C)Oc1ccc(Cl)cc1.I. The van der Waals surface area contributed by atoms with Crippen LogP contribution in [0.15, 0.2) is 53.5 Å². The van der Waals surface area contributed by atoms with Crippen LogP contribution in [0.1, 0.15) is 12.5 Å². The molecule has 0 aliphatic rings. The summed E-state index contributed by atoms with van der Waals surface area (Å²) in [6, 6.07) is 14.7. The van der Waals surface area contributed by atoms with E-state index in [0.717, 1.165) is 11.3 Å². The lowest BCUT2D eigenvalue weighted by molar-refractivity contribution is -0.119. The lowest BCUT2D eigenvalue weighted by atomic mass is 10.2. The smallest absolute Gasteiger partial charge is 0.255 e. The summed E-state index contributed by atoms with van der Waals surface area (Å²) in [6.07, 6.45) is -0.0646. The van der Waals surface area contributed by atoms with E-state index in [4.69, 9.17) is 26.8 Å². The highest BCUT2D eigenvalue weighted by atomic mass is 127. The molecule has 0 aromatic heterocycles. The average Bonchev–Trinajstić information content (AvgIpc) is 2.68. The Morgan fingerprint density at radius 2 is 1.90 bits per heavy atom. The van der Waals surface area contributed by atoms with Gasteiger partial charge in [-0.15, -0.1) is 24.0 Å². The highest BCUT2D eigenvalue weighted by molar-refractivity contribution is 14.0. The number of aliphatic imine (C=N–C) groups is 1. The maximum Gasteiger partial charge on any atom is 0.255 e. The quantitative estimate of drug-likeness (QED) is 0.262. The number of guanidine groups is 1. The number of carbonyl (C=O) groups excluding carboxylic acids is 1. The van der Waals surface area contributed by atoms with Crippen molar-refractivity contribution in [2.75, 3.05) is 20.2 Å². The van der Waals surface area contributed by atoms with Crippen LogP contribution in [0.25, 0.3) is 0 Å². The number of hydrogen-bond acceptors (Lipinski definition) is 4. The molecule has 0 bridgehead atoms. The highest BCUT2D eigenvalue weighted by Crippen LogP contribution is 2.16. The van der Waals surface area contributed by atoms with Crippen molar-refractivity contribution in [3.63, 3.8) is 0 Å². The van der Waals surface area contributed by atoms with E-state index in [1.165, 1.54) is 0 Å². The largest absolute Gasteiger partial charge is 0.489 e. The monoisotopic (exact) mass is 532 g/mol. The summed E-state index contributed by atoms with van der Waals surface area (Å²) >= 11 is 5.88. The summed E-state index contributed by atoms with van der Waals surface area (Å²) in [5.74, 6) is 1.48. The first-order valence-electron chi connectivity index (χ1n) is 8.83. The summed E-state index contributed by atoms with van der Waals surface area (Å²) in [7, 11) is 1.70. The molecule has 2 aromatic carbocycles. The maximum atomic E-state index is 10.8. The van der Waals surface area contributed by atoms with Crippen molar-refractivity contribution < 1.29 is 14.3 Å². The topological polar surface area (TPSA) is 98.0 Å². The molecule has 1 atom stereocenters. The number of ether oxygens (including phenoxy) is 2. The first-order chi connectivity index (χ1) is 13.5. The van der Waals surface area contributed by atoms with E-state index in [0.29, 0.717) is 29.8 Å². The molecular formula is C20H26ClIN4O3. The van der Waals surface area contributed by atoms with Crippen molar-refractivity contribution in [1.82, 2.24) is 10.6 Å². The van der Waals surface area contributed by atoms with Crippen LogP contribution in [-0.2, 0) is 11.3 Å². The first-order valence-corrected chi connectivity index (χ1v) is 9.21. The normalized spacial score (nSPS) is 11.8. The molecular weight excluding hydrogens is 507 g/mol. The van der Waals surface area contributed by atoms with E-state index in [-0.39, 0.29) is 36.7 Å².